The second-order valence-electron chi connectivity index (χ2n) is 15.1. The average molecular weight is 642 g/mol. The van der Waals surface area contributed by atoms with E-state index in [0.717, 1.165) is 23.9 Å². The first-order chi connectivity index (χ1) is 21.7. The molecule has 0 radical (unpaired) electrons. The molecule has 2 rings (SSSR count). The third kappa shape index (κ3) is 12.9. The number of benzene rings is 1. The summed E-state index contributed by atoms with van der Waals surface area (Å²) < 4.78 is 0.835. The van der Waals surface area contributed by atoms with Gasteiger partial charge in [0.2, 0.25) is 11.8 Å². The van der Waals surface area contributed by atoms with Crippen molar-refractivity contribution in [2.75, 3.05) is 10.7 Å². The smallest absolute Gasteiger partial charge is 0.328 e. The van der Waals surface area contributed by atoms with Gasteiger partial charge < -0.3 is 20.6 Å². The van der Waals surface area contributed by atoms with Crippen LogP contribution in [-0.2, 0) is 26.8 Å². The van der Waals surface area contributed by atoms with Crippen LogP contribution in [0.2, 0.25) is 0 Å². The van der Waals surface area contributed by atoms with Crippen LogP contribution in [0.1, 0.15) is 168 Å². The minimum absolute atomic E-state index is 0.168. The SMILES string of the molecule is CCCCCCCCCCCCCCCCCCc1cc(O)n(NC(=O)C(=O)Nc2cc(C(C)(C)C)c(O)c(C(C)(C)C)c2)c1O. The topological polar surface area (TPSA) is 124 Å². The van der Waals surface area contributed by atoms with Gasteiger partial charge in [-0.15, -0.1) is 0 Å². The minimum Gasteiger partial charge on any atom is -0.507 e. The van der Waals surface area contributed by atoms with Gasteiger partial charge in [-0.05, 0) is 35.8 Å². The molecule has 8 heteroatoms. The molecule has 0 aliphatic carbocycles. The van der Waals surface area contributed by atoms with Gasteiger partial charge in [0, 0.05) is 28.4 Å². The number of nitrogens with zero attached hydrogens (tertiary/aromatic N) is 1. The fourth-order valence-electron chi connectivity index (χ4n) is 5.89. The van der Waals surface area contributed by atoms with Gasteiger partial charge in [-0.3, -0.25) is 9.59 Å². The fourth-order valence-corrected chi connectivity index (χ4v) is 5.89. The first kappa shape index (κ1) is 39.0. The molecule has 46 heavy (non-hydrogen) atoms. The first-order valence-electron chi connectivity index (χ1n) is 17.8. The maximum absolute atomic E-state index is 12.8. The summed E-state index contributed by atoms with van der Waals surface area (Å²) >= 11 is 0. The first-order valence-corrected chi connectivity index (χ1v) is 17.8. The van der Waals surface area contributed by atoms with Crippen molar-refractivity contribution in [3.63, 3.8) is 0 Å². The van der Waals surface area contributed by atoms with Crippen molar-refractivity contribution in [3.8, 4) is 17.5 Å². The summed E-state index contributed by atoms with van der Waals surface area (Å²) in [5.41, 5.74) is 3.67. The van der Waals surface area contributed by atoms with Gasteiger partial charge in [0.1, 0.15) is 5.75 Å². The molecule has 8 nitrogen and oxygen atoms in total. The van der Waals surface area contributed by atoms with Gasteiger partial charge >= 0.3 is 11.8 Å². The number of unbranched alkanes of at least 4 members (excludes halogenated alkanes) is 15. The van der Waals surface area contributed by atoms with Crippen LogP contribution in [0.15, 0.2) is 18.2 Å². The number of rotatable bonds is 19. The minimum atomic E-state index is -1.04. The number of carbonyl (C=O) groups is 2. The fraction of sp³-hybridized carbons (Fsp3) is 0.684. The van der Waals surface area contributed by atoms with Crippen LogP contribution < -0.4 is 10.7 Å². The molecule has 0 fully saturated rings. The van der Waals surface area contributed by atoms with E-state index in [4.69, 9.17) is 0 Å². The van der Waals surface area contributed by atoms with Crippen molar-refractivity contribution < 1.29 is 24.9 Å². The number of phenols is 1. The lowest BCUT2D eigenvalue weighted by Gasteiger charge is -2.28. The van der Waals surface area contributed by atoms with E-state index >= 15 is 0 Å². The molecule has 2 aromatic rings. The average Bonchev–Trinajstić information content (AvgIpc) is 3.23. The van der Waals surface area contributed by atoms with Crippen LogP contribution in [0.4, 0.5) is 5.69 Å². The van der Waals surface area contributed by atoms with Crippen molar-refractivity contribution in [2.45, 2.75) is 168 Å². The van der Waals surface area contributed by atoms with Gasteiger partial charge in [0.15, 0.2) is 0 Å². The summed E-state index contributed by atoms with van der Waals surface area (Å²) in [5, 5.41) is 34.6. The Morgan fingerprint density at radius 1 is 0.630 bits per heavy atom. The predicted molar refractivity (Wildman–Crippen MR) is 190 cm³/mol. The molecule has 0 atom stereocenters. The molecule has 0 bridgehead atoms. The number of nitrogens with one attached hydrogen (secondary N) is 2. The summed E-state index contributed by atoms with van der Waals surface area (Å²) in [6, 6.07) is 4.75. The van der Waals surface area contributed by atoms with E-state index in [9.17, 15) is 24.9 Å². The van der Waals surface area contributed by atoms with Crippen molar-refractivity contribution in [3.05, 3.63) is 34.9 Å². The van der Waals surface area contributed by atoms with Crippen molar-refractivity contribution in [2.24, 2.45) is 0 Å². The third-order valence-electron chi connectivity index (χ3n) is 8.73. The van der Waals surface area contributed by atoms with Crippen molar-refractivity contribution in [1.29, 1.82) is 0 Å². The highest BCUT2D eigenvalue weighted by molar-refractivity contribution is 6.42. The summed E-state index contributed by atoms with van der Waals surface area (Å²) in [6.45, 7) is 14.0. The number of amides is 2. The molecular weight excluding hydrogens is 578 g/mol. The number of carbonyl (C=O) groups excluding carboxylic acids is 2. The van der Waals surface area contributed by atoms with Crippen LogP contribution in [0.3, 0.4) is 0 Å². The number of aromatic hydroxyl groups is 3. The molecule has 0 unspecified atom stereocenters. The number of phenolic OH excluding ortho intramolecular Hbond substituents is 1. The molecule has 0 saturated carbocycles. The maximum atomic E-state index is 12.8. The molecule has 0 aliphatic heterocycles. The van der Waals surface area contributed by atoms with E-state index in [-0.39, 0.29) is 17.5 Å². The standard InChI is InChI=1S/C38H63N3O5/c1-8-9-10-11-12-13-14-15-16-17-18-19-20-21-22-23-24-28-25-32(42)41(36(28)46)40-35(45)34(44)39-29-26-30(37(2,3)4)33(43)31(27-29)38(5,6)7/h25-27,42-43,46H,8-24H2,1-7H3,(H,39,44)(H,40,45). The zero-order valence-corrected chi connectivity index (χ0v) is 29.9. The Kier molecular flexibility index (Phi) is 16.0. The van der Waals surface area contributed by atoms with E-state index in [2.05, 4.69) is 17.7 Å². The lowest BCUT2D eigenvalue weighted by Crippen LogP contribution is -2.34. The third-order valence-corrected chi connectivity index (χ3v) is 8.73. The van der Waals surface area contributed by atoms with Crippen molar-refractivity contribution in [1.82, 2.24) is 4.68 Å². The molecule has 0 aliphatic rings. The normalized spacial score (nSPS) is 12.0. The molecule has 2 amide bonds. The van der Waals surface area contributed by atoms with E-state index in [1.165, 1.54) is 89.5 Å². The zero-order valence-electron chi connectivity index (χ0n) is 29.9. The Hall–Kier alpha value is -3.16. The van der Waals surface area contributed by atoms with E-state index in [1.54, 1.807) is 12.1 Å². The molecular formula is C38H63N3O5. The summed E-state index contributed by atoms with van der Waals surface area (Å²) in [4.78, 5) is 25.6. The molecule has 260 valence electrons. The lowest BCUT2D eigenvalue weighted by atomic mass is 9.79. The van der Waals surface area contributed by atoms with Crippen LogP contribution >= 0.6 is 0 Å². The van der Waals surface area contributed by atoms with Crippen LogP contribution in [0.25, 0.3) is 0 Å². The highest BCUT2D eigenvalue weighted by Crippen LogP contribution is 2.41. The number of aromatic nitrogens is 1. The molecule has 1 heterocycles. The Balaban J connectivity index is 1.76. The number of anilines is 1. The summed E-state index contributed by atoms with van der Waals surface area (Å²) in [5.74, 6) is -2.47. The van der Waals surface area contributed by atoms with E-state index < -0.39 is 22.6 Å². The van der Waals surface area contributed by atoms with Crippen LogP contribution in [0, 0.1) is 0 Å². The Morgan fingerprint density at radius 3 is 1.46 bits per heavy atom. The zero-order chi connectivity index (χ0) is 34.3. The van der Waals surface area contributed by atoms with Crippen LogP contribution in [0.5, 0.6) is 17.5 Å². The van der Waals surface area contributed by atoms with Crippen molar-refractivity contribution >= 4 is 17.5 Å². The maximum Gasteiger partial charge on any atom is 0.328 e. The highest BCUT2D eigenvalue weighted by Gasteiger charge is 2.28. The second kappa shape index (κ2) is 18.9. The van der Waals surface area contributed by atoms with Gasteiger partial charge in [-0.25, -0.2) is 5.43 Å². The molecule has 5 N–H and O–H groups in total. The van der Waals surface area contributed by atoms with E-state index in [1.807, 2.05) is 41.5 Å². The number of hydrogen-bond donors (Lipinski definition) is 5. The molecule has 1 aromatic heterocycles. The largest absolute Gasteiger partial charge is 0.507 e. The van der Waals surface area contributed by atoms with Gasteiger partial charge in [0.25, 0.3) is 0 Å². The second-order valence-corrected chi connectivity index (χ2v) is 15.1. The molecule has 1 aromatic carbocycles. The predicted octanol–water partition coefficient (Wildman–Crippen LogP) is 9.71. The highest BCUT2D eigenvalue weighted by atomic mass is 16.3. The van der Waals surface area contributed by atoms with E-state index in [0.29, 0.717) is 28.8 Å². The number of aryl methyl sites for hydroxylation is 1. The van der Waals surface area contributed by atoms with Gasteiger partial charge in [-0.1, -0.05) is 145 Å². The lowest BCUT2D eigenvalue weighted by molar-refractivity contribution is -0.133. The van der Waals surface area contributed by atoms with Gasteiger partial charge in [0.05, 0.1) is 0 Å². The monoisotopic (exact) mass is 641 g/mol. The number of hydrogen-bond acceptors (Lipinski definition) is 5. The Morgan fingerprint density at radius 2 is 1.04 bits per heavy atom. The quantitative estimate of drug-likeness (QED) is 0.0593. The molecule has 0 saturated heterocycles. The molecule has 0 spiro atoms. The Labute approximate surface area is 278 Å². The van der Waals surface area contributed by atoms with Gasteiger partial charge in [-0.2, -0.15) is 4.68 Å². The summed E-state index contributed by atoms with van der Waals surface area (Å²) in [7, 11) is 0. The van der Waals surface area contributed by atoms with Crippen LogP contribution in [-0.4, -0.2) is 31.8 Å². The summed E-state index contributed by atoms with van der Waals surface area (Å²) in [6.07, 6.45) is 21.0. The Bertz CT molecular complexity index is 1200.